The molecule has 5 nitrogen and oxygen atoms in total. The van der Waals surface area contributed by atoms with Crippen LogP contribution in [0.15, 0.2) is 41.8 Å². The molecule has 2 aromatic heterocycles. The van der Waals surface area contributed by atoms with Crippen LogP contribution in [0, 0.1) is 0 Å². The molecule has 0 spiro atoms. The van der Waals surface area contributed by atoms with E-state index in [1.807, 2.05) is 6.07 Å². The summed E-state index contributed by atoms with van der Waals surface area (Å²) in [4.78, 5) is 20.6. The highest BCUT2D eigenvalue weighted by atomic mass is 32.2. The van der Waals surface area contributed by atoms with Crippen LogP contribution in [0.25, 0.3) is 10.9 Å². The van der Waals surface area contributed by atoms with Gasteiger partial charge in [-0.1, -0.05) is 30.0 Å². The van der Waals surface area contributed by atoms with Gasteiger partial charge < -0.3 is 14.5 Å². The van der Waals surface area contributed by atoms with Gasteiger partial charge in [-0.3, -0.25) is 4.79 Å². The molecule has 142 valence electrons. The molecule has 0 unspecified atom stereocenters. The fourth-order valence-electron chi connectivity index (χ4n) is 3.55. The Balaban J connectivity index is 1.65. The van der Waals surface area contributed by atoms with E-state index in [9.17, 15) is 18.0 Å². The van der Waals surface area contributed by atoms with Crippen molar-refractivity contribution in [1.29, 1.82) is 0 Å². The second-order valence-electron chi connectivity index (χ2n) is 6.45. The van der Waals surface area contributed by atoms with Gasteiger partial charge in [0.1, 0.15) is 0 Å². The summed E-state index contributed by atoms with van der Waals surface area (Å²) >= 11 is 1.14. The van der Waals surface area contributed by atoms with E-state index in [2.05, 4.69) is 9.97 Å². The molecule has 1 aliphatic heterocycles. The quantitative estimate of drug-likeness (QED) is 0.690. The van der Waals surface area contributed by atoms with Crippen molar-refractivity contribution in [2.45, 2.75) is 23.8 Å². The van der Waals surface area contributed by atoms with Crippen LogP contribution in [0.4, 0.5) is 13.2 Å². The second-order valence-corrected chi connectivity index (χ2v) is 7.40. The third-order valence-electron chi connectivity index (χ3n) is 4.77. The number of benzene rings is 1. The van der Waals surface area contributed by atoms with Crippen molar-refractivity contribution in [1.82, 2.24) is 19.4 Å². The number of hydrogen-bond acceptors (Lipinski definition) is 3. The van der Waals surface area contributed by atoms with Crippen molar-refractivity contribution in [3.63, 3.8) is 0 Å². The Hall–Kier alpha value is -2.42. The van der Waals surface area contributed by atoms with Gasteiger partial charge in [-0.2, -0.15) is 13.2 Å². The van der Waals surface area contributed by atoms with Crippen LogP contribution < -0.4 is 0 Å². The molecule has 3 heterocycles. The lowest BCUT2D eigenvalue weighted by Crippen LogP contribution is -2.47. The van der Waals surface area contributed by atoms with Crippen LogP contribution in [-0.4, -0.2) is 43.8 Å². The fourth-order valence-corrected chi connectivity index (χ4v) is 4.37. The minimum Gasteiger partial charge on any atom is -0.356 e. The first-order valence-corrected chi connectivity index (χ1v) is 9.40. The van der Waals surface area contributed by atoms with Gasteiger partial charge in [0.15, 0.2) is 11.2 Å². The van der Waals surface area contributed by atoms with E-state index >= 15 is 0 Å². The highest BCUT2D eigenvalue weighted by Gasteiger charge is 2.50. The zero-order valence-electron chi connectivity index (χ0n) is 14.5. The molecule has 0 saturated carbocycles. The Morgan fingerprint density at radius 3 is 2.85 bits per heavy atom. The average Bonchev–Trinajstić information content (AvgIpc) is 3.20. The summed E-state index contributed by atoms with van der Waals surface area (Å²) in [6.45, 7) is 0.0407. The van der Waals surface area contributed by atoms with Crippen LogP contribution >= 0.6 is 11.8 Å². The van der Waals surface area contributed by atoms with Crippen molar-refractivity contribution in [3.05, 3.63) is 47.9 Å². The van der Waals surface area contributed by atoms with Crippen LogP contribution in [0.3, 0.4) is 0 Å². The lowest BCUT2D eigenvalue weighted by molar-refractivity contribution is -0.193. The topological polar surface area (TPSA) is 53.9 Å². The van der Waals surface area contributed by atoms with Crippen molar-refractivity contribution in [2.75, 3.05) is 12.3 Å². The Morgan fingerprint density at radius 1 is 1.37 bits per heavy atom. The number of para-hydroxylation sites is 1. The van der Waals surface area contributed by atoms with Crippen molar-refractivity contribution < 1.29 is 18.0 Å². The van der Waals surface area contributed by atoms with Crippen molar-refractivity contribution in [3.8, 4) is 0 Å². The number of aromatic nitrogens is 3. The molecule has 1 aromatic carbocycles. The molecular weight excluding hydrogens is 377 g/mol. The van der Waals surface area contributed by atoms with Crippen LogP contribution in [0.2, 0.25) is 0 Å². The molecule has 27 heavy (non-hydrogen) atoms. The molecule has 0 aliphatic carbocycles. The standard InChI is InChI=1S/C18H17F3N4OS/c1-24-9-7-22-17(24)27-10-14(26)25-8-6-12-11-4-2-3-5-13(11)23-15(12)16(25)18(19,20)21/h2-5,7,9,16,23H,6,8,10H2,1H3/t16-/m0/s1. The zero-order chi connectivity index (χ0) is 19.2. The minimum absolute atomic E-state index is 0.0407. The number of carbonyl (C=O) groups excluding carboxylic acids is 1. The first-order valence-electron chi connectivity index (χ1n) is 8.42. The maximum Gasteiger partial charge on any atom is 0.414 e. The van der Waals surface area contributed by atoms with Gasteiger partial charge in [0, 0.05) is 36.9 Å². The number of aromatic amines is 1. The van der Waals surface area contributed by atoms with E-state index in [0.29, 0.717) is 22.7 Å². The van der Waals surface area contributed by atoms with Gasteiger partial charge in [0.2, 0.25) is 5.91 Å². The van der Waals surface area contributed by atoms with Crippen molar-refractivity contribution >= 4 is 28.6 Å². The highest BCUT2D eigenvalue weighted by Crippen LogP contribution is 2.43. The summed E-state index contributed by atoms with van der Waals surface area (Å²) in [6.07, 6.45) is -0.851. The van der Waals surface area contributed by atoms with Crippen LogP contribution in [0.5, 0.6) is 0 Å². The molecule has 0 bridgehead atoms. The molecule has 1 atom stereocenters. The molecule has 9 heteroatoms. The number of aryl methyl sites for hydroxylation is 1. The number of rotatable bonds is 3. The molecule has 4 rings (SSSR count). The smallest absolute Gasteiger partial charge is 0.356 e. The number of amides is 1. The normalized spacial score (nSPS) is 17.3. The van der Waals surface area contributed by atoms with Gasteiger partial charge in [-0.25, -0.2) is 4.98 Å². The number of H-pyrrole nitrogens is 1. The molecule has 0 fully saturated rings. The lowest BCUT2D eigenvalue weighted by Gasteiger charge is -2.36. The van der Waals surface area contributed by atoms with Gasteiger partial charge in [0.05, 0.1) is 11.4 Å². The van der Waals surface area contributed by atoms with E-state index in [-0.39, 0.29) is 18.0 Å². The summed E-state index contributed by atoms with van der Waals surface area (Å²) in [7, 11) is 1.77. The Kier molecular flexibility index (Phi) is 4.41. The second kappa shape index (κ2) is 6.63. The monoisotopic (exact) mass is 394 g/mol. The third-order valence-corrected chi connectivity index (χ3v) is 5.81. The highest BCUT2D eigenvalue weighted by molar-refractivity contribution is 7.99. The number of thioether (sulfide) groups is 1. The van der Waals surface area contributed by atoms with Crippen molar-refractivity contribution in [2.24, 2.45) is 7.05 Å². The summed E-state index contributed by atoms with van der Waals surface area (Å²) in [5.74, 6) is -0.637. The van der Waals surface area contributed by atoms with Crippen LogP contribution in [-0.2, 0) is 18.3 Å². The third kappa shape index (κ3) is 3.20. The number of nitrogens with zero attached hydrogens (tertiary/aromatic N) is 3. The molecule has 1 N–H and O–H groups in total. The fraction of sp³-hybridized carbons (Fsp3) is 0.333. The average molecular weight is 394 g/mol. The van der Waals surface area contributed by atoms with Gasteiger partial charge in [-0.15, -0.1) is 0 Å². The maximum absolute atomic E-state index is 13.9. The lowest BCUT2D eigenvalue weighted by atomic mass is 9.97. The molecule has 0 saturated heterocycles. The minimum atomic E-state index is -4.56. The molecule has 1 aliphatic rings. The molecule has 3 aromatic rings. The Bertz CT molecular complexity index is 994. The summed E-state index contributed by atoms with van der Waals surface area (Å²) in [5, 5.41) is 1.38. The van der Waals surface area contributed by atoms with E-state index in [4.69, 9.17) is 0 Å². The summed E-state index contributed by atoms with van der Waals surface area (Å²) < 4.78 is 43.4. The van der Waals surface area contributed by atoms with E-state index in [1.165, 1.54) is 0 Å². The zero-order valence-corrected chi connectivity index (χ0v) is 15.3. The maximum atomic E-state index is 13.9. The van der Waals surface area contributed by atoms with Gasteiger partial charge >= 0.3 is 6.18 Å². The predicted molar refractivity (Wildman–Crippen MR) is 96.4 cm³/mol. The molecular formula is C18H17F3N4OS. The number of carbonyl (C=O) groups is 1. The molecule has 1 amide bonds. The summed E-state index contributed by atoms with van der Waals surface area (Å²) in [6, 6.07) is 5.19. The Labute approximate surface area is 157 Å². The Morgan fingerprint density at radius 2 is 2.15 bits per heavy atom. The number of halogens is 3. The number of alkyl halides is 3. The van der Waals surface area contributed by atoms with E-state index in [1.54, 1.807) is 42.2 Å². The summed E-state index contributed by atoms with van der Waals surface area (Å²) in [5.41, 5.74) is 1.38. The number of hydrogen-bond donors (Lipinski definition) is 1. The largest absolute Gasteiger partial charge is 0.414 e. The predicted octanol–water partition coefficient (Wildman–Crippen LogP) is 3.68. The van der Waals surface area contributed by atoms with E-state index < -0.39 is 18.1 Å². The first kappa shape index (κ1) is 18.0. The molecule has 0 radical (unpaired) electrons. The van der Waals surface area contributed by atoms with Gasteiger partial charge in [0.25, 0.3) is 0 Å². The van der Waals surface area contributed by atoms with Crippen LogP contribution in [0.1, 0.15) is 17.3 Å². The number of nitrogens with one attached hydrogen (secondary N) is 1. The number of imidazole rings is 1. The first-order chi connectivity index (χ1) is 12.9. The van der Waals surface area contributed by atoms with Gasteiger partial charge in [-0.05, 0) is 18.1 Å². The number of fused-ring (bicyclic) bond motifs is 3. The SMILES string of the molecule is Cn1ccnc1SCC(=O)N1CCc2c([nH]c3ccccc23)[C@H]1C(F)(F)F. The van der Waals surface area contributed by atoms with E-state index in [0.717, 1.165) is 22.0 Å².